The largest absolute Gasteiger partial charge is 0.494 e. The van der Waals surface area contributed by atoms with Crippen molar-refractivity contribution in [3.63, 3.8) is 0 Å². The van der Waals surface area contributed by atoms with E-state index in [1.807, 2.05) is 0 Å². The van der Waals surface area contributed by atoms with Crippen molar-refractivity contribution in [2.45, 2.75) is 12.5 Å². The van der Waals surface area contributed by atoms with Crippen LogP contribution in [0.5, 0.6) is 17.2 Å². The molecule has 0 aliphatic heterocycles. The van der Waals surface area contributed by atoms with Crippen molar-refractivity contribution in [1.29, 1.82) is 0 Å². The average molecular weight is 377 g/mol. The molecule has 2 aromatic rings. The Balaban J connectivity index is 2.31. The minimum Gasteiger partial charge on any atom is -0.494 e. The van der Waals surface area contributed by atoms with Gasteiger partial charge < -0.3 is 24.6 Å². The molecular formula is C19H20FNO6. The zero-order valence-electron chi connectivity index (χ0n) is 15.1. The zero-order chi connectivity index (χ0) is 20.0. The number of hydrogen-bond donors (Lipinski definition) is 2. The summed E-state index contributed by atoms with van der Waals surface area (Å²) in [5.74, 6) is -1.45. The number of benzene rings is 2. The van der Waals surface area contributed by atoms with Gasteiger partial charge in [0, 0.05) is 5.56 Å². The van der Waals surface area contributed by atoms with E-state index >= 15 is 0 Å². The van der Waals surface area contributed by atoms with Gasteiger partial charge in [0.2, 0.25) is 0 Å². The Bertz CT molecular complexity index is 839. The number of hydrogen-bond acceptors (Lipinski definition) is 5. The molecule has 0 aliphatic rings. The number of rotatable bonds is 8. The van der Waals surface area contributed by atoms with Crippen molar-refractivity contribution in [3.05, 3.63) is 53.3 Å². The molecule has 144 valence electrons. The zero-order valence-corrected chi connectivity index (χ0v) is 15.1. The van der Waals surface area contributed by atoms with Gasteiger partial charge in [-0.1, -0.05) is 6.07 Å². The lowest BCUT2D eigenvalue weighted by Crippen LogP contribution is -2.30. The van der Waals surface area contributed by atoms with E-state index < -0.39 is 23.7 Å². The van der Waals surface area contributed by atoms with Crippen molar-refractivity contribution >= 4 is 11.9 Å². The molecule has 0 saturated heterocycles. The Kier molecular flexibility index (Phi) is 6.59. The van der Waals surface area contributed by atoms with E-state index in [-0.39, 0.29) is 17.7 Å². The third-order valence-corrected chi connectivity index (χ3v) is 3.91. The third-order valence-electron chi connectivity index (χ3n) is 3.91. The van der Waals surface area contributed by atoms with Gasteiger partial charge in [-0.15, -0.1) is 0 Å². The lowest BCUT2D eigenvalue weighted by molar-refractivity contribution is -0.137. The normalized spacial score (nSPS) is 11.4. The highest BCUT2D eigenvalue weighted by Gasteiger charge is 2.21. The van der Waals surface area contributed by atoms with Crippen molar-refractivity contribution in [3.8, 4) is 17.2 Å². The highest BCUT2D eigenvalue weighted by molar-refractivity contribution is 5.95. The summed E-state index contributed by atoms with van der Waals surface area (Å²) >= 11 is 0. The summed E-state index contributed by atoms with van der Waals surface area (Å²) in [4.78, 5) is 23.8. The molecule has 0 aliphatic carbocycles. The number of carboxylic acids is 1. The van der Waals surface area contributed by atoms with E-state index in [4.69, 9.17) is 14.2 Å². The average Bonchev–Trinajstić information content (AvgIpc) is 2.66. The SMILES string of the molecule is COc1cc(C(=O)NC(CC(=O)O)c2ccc(OC)c(OC)c2)ccc1F. The maximum absolute atomic E-state index is 13.5. The van der Waals surface area contributed by atoms with Crippen molar-refractivity contribution < 1.29 is 33.3 Å². The van der Waals surface area contributed by atoms with E-state index in [2.05, 4.69) is 5.32 Å². The maximum atomic E-state index is 13.5. The van der Waals surface area contributed by atoms with Crippen molar-refractivity contribution in [2.24, 2.45) is 0 Å². The lowest BCUT2D eigenvalue weighted by Gasteiger charge is -2.19. The molecule has 0 bridgehead atoms. The summed E-state index contributed by atoms with van der Waals surface area (Å²) in [5, 5.41) is 11.8. The van der Waals surface area contributed by atoms with Crippen LogP contribution >= 0.6 is 0 Å². The first-order valence-electron chi connectivity index (χ1n) is 7.97. The molecule has 1 amide bonds. The fourth-order valence-corrected chi connectivity index (χ4v) is 2.54. The number of carboxylic acid groups (broad SMARTS) is 1. The van der Waals surface area contributed by atoms with Crippen LogP contribution in [0.3, 0.4) is 0 Å². The number of carbonyl (C=O) groups is 2. The summed E-state index contributed by atoms with van der Waals surface area (Å²) in [6.45, 7) is 0. The van der Waals surface area contributed by atoms with Gasteiger partial charge >= 0.3 is 5.97 Å². The van der Waals surface area contributed by atoms with Crippen LogP contribution < -0.4 is 19.5 Å². The van der Waals surface area contributed by atoms with E-state index in [0.29, 0.717) is 17.1 Å². The van der Waals surface area contributed by atoms with Gasteiger partial charge in [0.05, 0.1) is 33.8 Å². The van der Waals surface area contributed by atoms with Crippen LogP contribution in [0.25, 0.3) is 0 Å². The molecule has 0 fully saturated rings. The predicted octanol–water partition coefficient (Wildman–Crippen LogP) is 2.80. The second-order valence-electron chi connectivity index (χ2n) is 5.59. The molecule has 0 aromatic heterocycles. The quantitative estimate of drug-likeness (QED) is 0.735. The number of halogens is 1. The Morgan fingerprint density at radius 1 is 1.00 bits per heavy atom. The molecule has 27 heavy (non-hydrogen) atoms. The monoisotopic (exact) mass is 377 g/mol. The molecule has 0 saturated carbocycles. The van der Waals surface area contributed by atoms with E-state index in [1.54, 1.807) is 18.2 Å². The number of methoxy groups -OCH3 is 3. The summed E-state index contributed by atoms with van der Waals surface area (Å²) in [7, 11) is 4.23. The molecule has 2 aromatic carbocycles. The van der Waals surface area contributed by atoms with Gasteiger partial charge in [-0.25, -0.2) is 4.39 Å². The molecule has 2 N–H and O–H groups in total. The number of nitrogens with one attached hydrogen (secondary N) is 1. The van der Waals surface area contributed by atoms with Crippen LogP contribution in [0, 0.1) is 5.82 Å². The number of ether oxygens (including phenoxy) is 3. The number of carbonyl (C=O) groups excluding carboxylic acids is 1. The predicted molar refractivity (Wildman–Crippen MR) is 95.0 cm³/mol. The van der Waals surface area contributed by atoms with Crippen LogP contribution in [-0.4, -0.2) is 38.3 Å². The van der Waals surface area contributed by atoms with Crippen molar-refractivity contribution in [1.82, 2.24) is 5.32 Å². The maximum Gasteiger partial charge on any atom is 0.305 e. The van der Waals surface area contributed by atoms with E-state index in [9.17, 15) is 19.1 Å². The number of amides is 1. The topological polar surface area (TPSA) is 94.1 Å². The summed E-state index contributed by atoms with van der Waals surface area (Å²) in [6, 6.07) is 7.67. The Morgan fingerprint density at radius 2 is 1.67 bits per heavy atom. The smallest absolute Gasteiger partial charge is 0.305 e. The van der Waals surface area contributed by atoms with Crippen LogP contribution in [0.15, 0.2) is 36.4 Å². The molecule has 0 spiro atoms. The second kappa shape index (κ2) is 8.88. The molecular weight excluding hydrogens is 357 g/mol. The van der Waals surface area contributed by atoms with Crippen LogP contribution in [0.4, 0.5) is 4.39 Å². The molecule has 0 radical (unpaired) electrons. The molecule has 8 heteroatoms. The minimum atomic E-state index is -1.09. The number of aliphatic carboxylic acids is 1. The lowest BCUT2D eigenvalue weighted by atomic mass is 10.0. The van der Waals surface area contributed by atoms with Gasteiger partial charge in [-0.2, -0.15) is 0 Å². The fourth-order valence-electron chi connectivity index (χ4n) is 2.54. The van der Waals surface area contributed by atoms with Gasteiger partial charge in [-0.3, -0.25) is 9.59 Å². The van der Waals surface area contributed by atoms with Crippen LogP contribution in [-0.2, 0) is 4.79 Å². The van der Waals surface area contributed by atoms with Gasteiger partial charge in [0.1, 0.15) is 0 Å². The summed E-state index contributed by atoms with van der Waals surface area (Å²) in [5.41, 5.74) is 0.668. The molecule has 1 atom stereocenters. The van der Waals surface area contributed by atoms with E-state index in [0.717, 1.165) is 6.07 Å². The Hall–Kier alpha value is -3.29. The molecule has 2 rings (SSSR count). The second-order valence-corrected chi connectivity index (χ2v) is 5.59. The first kappa shape index (κ1) is 20.0. The highest BCUT2D eigenvalue weighted by Crippen LogP contribution is 2.31. The standard InChI is InChI=1S/C19H20FNO6/c1-25-15-7-5-11(8-17(15)27-3)14(10-18(22)23)21-19(24)12-4-6-13(20)16(9-12)26-2/h4-9,14H,10H2,1-3H3,(H,21,24)(H,22,23). The minimum absolute atomic E-state index is 0.0800. The van der Waals surface area contributed by atoms with Gasteiger partial charge in [-0.05, 0) is 35.9 Å². The third kappa shape index (κ3) is 4.87. The van der Waals surface area contributed by atoms with Gasteiger partial charge in [0.15, 0.2) is 23.1 Å². The first-order chi connectivity index (χ1) is 12.9. The Labute approximate surface area is 155 Å². The molecule has 1 unspecified atom stereocenters. The summed E-state index contributed by atoms with van der Waals surface area (Å²) < 4.78 is 28.8. The van der Waals surface area contributed by atoms with Crippen molar-refractivity contribution in [2.75, 3.05) is 21.3 Å². The Morgan fingerprint density at radius 3 is 2.26 bits per heavy atom. The summed E-state index contributed by atoms with van der Waals surface area (Å²) in [6.07, 6.45) is -0.348. The van der Waals surface area contributed by atoms with Crippen LogP contribution in [0.1, 0.15) is 28.4 Å². The van der Waals surface area contributed by atoms with Crippen LogP contribution in [0.2, 0.25) is 0 Å². The molecule has 0 heterocycles. The highest BCUT2D eigenvalue weighted by atomic mass is 19.1. The first-order valence-corrected chi connectivity index (χ1v) is 7.97. The fraction of sp³-hybridized carbons (Fsp3) is 0.263. The van der Waals surface area contributed by atoms with Gasteiger partial charge in [0.25, 0.3) is 5.91 Å². The van der Waals surface area contributed by atoms with E-state index in [1.165, 1.54) is 33.5 Å². The molecule has 7 nitrogen and oxygen atoms in total.